The van der Waals surface area contributed by atoms with Crippen LogP contribution in [-0.4, -0.2) is 27.6 Å². The third-order valence-electron chi connectivity index (χ3n) is 1.65. The maximum absolute atomic E-state index is 5.44. The number of ether oxygens (including phenoxy) is 1. The highest BCUT2D eigenvalue weighted by Crippen LogP contribution is 2.09. The average Bonchev–Trinajstić information content (AvgIpc) is 2.16. The zero-order valence-electron chi connectivity index (χ0n) is 9.74. The first-order valence-corrected chi connectivity index (χ1v) is 5.31. The van der Waals surface area contributed by atoms with E-state index in [0.717, 1.165) is 18.8 Å². The van der Waals surface area contributed by atoms with Gasteiger partial charge in [0.2, 0.25) is 5.95 Å². The van der Waals surface area contributed by atoms with Gasteiger partial charge in [0.1, 0.15) is 5.82 Å². The highest BCUT2D eigenvalue weighted by Gasteiger charge is 2.06. The molecule has 1 rings (SSSR count). The summed E-state index contributed by atoms with van der Waals surface area (Å²) in [5.41, 5.74) is 0. The van der Waals surface area contributed by atoms with Crippen molar-refractivity contribution in [1.29, 1.82) is 0 Å². The fraction of sp³-hybridized carbons (Fsp3) is 0.700. The lowest BCUT2D eigenvalue weighted by Gasteiger charge is -2.10. The van der Waals surface area contributed by atoms with E-state index in [0.29, 0.717) is 12.0 Å². The van der Waals surface area contributed by atoms with E-state index in [2.05, 4.69) is 20.3 Å². The summed E-state index contributed by atoms with van der Waals surface area (Å²) >= 11 is 0. The van der Waals surface area contributed by atoms with Crippen molar-refractivity contribution in [2.24, 2.45) is 0 Å². The average molecular weight is 210 g/mol. The quantitative estimate of drug-likeness (QED) is 0.800. The van der Waals surface area contributed by atoms with E-state index >= 15 is 0 Å². The molecule has 0 amide bonds. The van der Waals surface area contributed by atoms with Crippen molar-refractivity contribution in [3.63, 3.8) is 0 Å². The Morgan fingerprint density at radius 1 is 1.20 bits per heavy atom. The van der Waals surface area contributed by atoms with Gasteiger partial charge in [0.05, 0.1) is 6.10 Å². The molecule has 0 unspecified atom stereocenters. The number of hydrogen-bond donors (Lipinski definition) is 1. The van der Waals surface area contributed by atoms with Crippen LogP contribution in [0.4, 0.5) is 5.95 Å². The number of hydrogen-bond acceptors (Lipinski definition) is 5. The van der Waals surface area contributed by atoms with E-state index in [1.54, 1.807) is 0 Å². The van der Waals surface area contributed by atoms with Crippen molar-refractivity contribution in [2.75, 3.05) is 11.9 Å². The summed E-state index contributed by atoms with van der Waals surface area (Å²) in [5, 5.41) is 3.05. The zero-order chi connectivity index (χ0) is 11.3. The van der Waals surface area contributed by atoms with Crippen molar-refractivity contribution in [1.82, 2.24) is 15.0 Å². The fourth-order valence-corrected chi connectivity index (χ4v) is 1.06. The van der Waals surface area contributed by atoms with Gasteiger partial charge in [-0.25, -0.2) is 0 Å². The normalized spacial score (nSPS) is 10.5. The lowest BCUT2D eigenvalue weighted by atomic mass is 10.4. The number of anilines is 1. The first kappa shape index (κ1) is 11.7. The lowest BCUT2D eigenvalue weighted by molar-refractivity contribution is 0.221. The molecule has 1 aromatic heterocycles. The molecule has 1 aromatic rings. The molecule has 0 radical (unpaired) electrons. The van der Waals surface area contributed by atoms with Crippen LogP contribution >= 0.6 is 0 Å². The predicted molar refractivity (Wildman–Crippen MR) is 59.1 cm³/mol. The third kappa shape index (κ3) is 3.69. The first-order chi connectivity index (χ1) is 7.15. The van der Waals surface area contributed by atoms with E-state index in [1.807, 2.05) is 27.7 Å². The Morgan fingerprint density at radius 3 is 2.47 bits per heavy atom. The molecule has 0 atom stereocenters. The molecule has 15 heavy (non-hydrogen) atoms. The molecule has 84 valence electrons. The van der Waals surface area contributed by atoms with Crippen LogP contribution in [0.15, 0.2) is 0 Å². The zero-order valence-corrected chi connectivity index (χ0v) is 9.74. The Balaban J connectivity index is 2.89. The summed E-state index contributed by atoms with van der Waals surface area (Å²) in [6, 6.07) is 0.396. The number of aromatic nitrogens is 3. The minimum absolute atomic E-state index is 0.0755. The molecular weight excluding hydrogens is 192 g/mol. The standard InChI is InChI=1S/C10H18N4O/c1-5-8-12-9(11-6-2)14-10(13-8)15-7(3)4/h7H,5-6H2,1-4H3,(H,11,12,13,14). The van der Waals surface area contributed by atoms with Gasteiger partial charge in [-0.3, -0.25) is 0 Å². The number of nitrogens with zero attached hydrogens (tertiary/aromatic N) is 3. The smallest absolute Gasteiger partial charge is 0.321 e. The van der Waals surface area contributed by atoms with Crippen LogP contribution in [0.2, 0.25) is 0 Å². The van der Waals surface area contributed by atoms with Gasteiger partial charge >= 0.3 is 6.01 Å². The molecule has 0 fully saturated rings. The predicted octanol–water partition coefficient (Wildman–Crippen LogP) is 1.65. The SMILES string of the molecule is CCNc1nc(CC)nc(OC(C)C)n1. The molecule has 5 nitrogen and oxygen atoms in total. The Hall–Kier alpha value is -1.39. The Labute approximate surface area is 90.3 Å². The van der Waals surface area contributed by atoms with Gasteiger partial charge in [-0.05, 0) is 20.8 Å². The molecule has 0 saturated heterocycles. The second-order valence-corrected chi connectivity index (χ2v) is 3.41. The van der Waals surface area contributed by atoms with E-state index in [-0.39, 0.29) is 6.10 Å². The monoisotopic (exact) mass is 210 g/mol. The van der Waals surface area contributed by atoms with Crippen molar-refractivity contribution in [3.05, 3.63) is 5.82 Å². The summed E-state index contributed by atoms with van der Waals surface area (Å²) in [4.78, 5) is 12.6. The van der Waals surface area contributed by atoms with Crippen LogP contribution in [0.3, 0.4) is 0 Å². The van der Waals surface area contributed by atoms with Gasteiger partial charge in [-0.15, -0.1) is 0 Å². The molecule has 1 N–H and O–H groups in total. The highest BCUT2D eigenvalue weighted by molar-refractivity contribution is 5.25. The van der Waals surface area contributed by atoms with Gasteiger partial charge in [0.25, 0.3) is 0 Å². The summed E-state index contributed by atoms with van der Waals surface area (Å²) in [7, 11) is 0. The maximum Gasteiger partial charge on any atom is 0.321 e. The molecule has 0 aliphatic heterocycles. The van der Waals surface area contributed by atoms with Gasteiger partial charge < -0.3 is 10.1 Å². The van der Waals surface area contributed by atoms with Crippen LogP contribution in [0, 0.1) is 0 Å². The summed E-state index contributed by atoms with van der Waals surface area (Å²) in [6.07, 6.45) is 0.849. The molecule has 0 aliphatic carbocycles. The second-order valence-electron chi connectivity index (χ2n) is 3.41. The van der Waals surface area contributed by atoms with Crippen molar-refractivity contribution >= 4 is 5.95 Å². The minimum Gasteiger partial charge on any atom is -0.461 e. The van der Waals surface area contributed by atoms with E-state index in [9.17, 15) is 0 Å². The minimum atomic E-state index is 0.0755. The molecule has 5 heteroatoms. The Bertz CT molecular complexity index is 314. The van der Waals surface area contributed by atoms with Crippen LogP contribution in [0.25, 0.3) is 0 Å². The second kappa shape index (κ2) is 5.48. The summed E-state index contributed by atoms with van der Waals surface area (Å²) < 4.78 is 5.44. The number of nitrogens with one attached hydrogen (secondary N) is 1. The first-order valence-electron chi connectivity index (χ1n) is 5.31. The molecule has 0 spiro atoms. The van der Waals surface area contributed by atoms with Crippen molar-refractivity contribution < 1.29 is 4.74 Å². The Kier molecular flexibility index (Phi) is 4.27. The molecule has 0 aliphatic rings. The largest absolute Gasteiger partial charge is 0.461 e. The highest BCUT2D eigenvalue weighted by atomic mass is 16.5. The molecular formula is C10H18N4O. The fourth-order valence-electron chi connectivity index (χ4n) is 1.06. The molecule has 0 saturated carbocycles. The van der Waals surface area contributed by atoms with Gasteiger partial charge in [0.15, 0.2) is 0 Å². The van der Waals surface area contributed by atoms with Crippen LogP contribution in [-0.2, 0) is 6.42 Å². The van der Waals surface area contributed by atoms with Crippen LogP contribution in [0.1, 0.15) is 33.5 Å². The van der Waals surface area contributed by atoms with E-state index < -0.39 is 0 Å². The van der Waals surface area contributed by atoms with Crippen LogP contribution < -0.4 is 10.1 Å². The van der Waals surface area contributed by atoms with Gasteiger partial charge in [-0.1, -0.05) is 6.92 Å². The molecule has 1 heterocycles. The topological polar surface area (TPSA) is 59.9 Å². The summed E-state index contributed by atoms with van der Waals surface area (Å²) in [6.45, 7) is 8.68. The van der Waals surface area contributed by atoms with Crippen molar-refractivity contribution in [2.45, 2.75) is 40.2 Å². The van der Waals surface area contributed by atoms with Gasteiger partial charge in [0, 0.05) is 13.0 Å². The third-order valence-corrected chi connectivity index (χ3v) is 1.65. The Morgan fingerprint density at radius 2 is 1.93 bits per heavy atom. The lowest BCUT2D eigenvalue weighted by Crippen LogP contribution is -2.12. The molecule has 0 bridgehead atoms. The summed E-state index contributed by atoms with van der Waals surface area (Å²) in [5.74, 6) is 1.33. The van der Waals surface area contributed by atoms with Crippen molar-refractivity contribution in [3.8, 4) is 6.01 Å². The number of rotatable bonds is 5. The maximum atomic E-state index is 5.44. The van der Waals surface area contributed by atoms with E-state index in [4.69, 9.17) is 4.74 Å². The van der Waals surface area contributed by atoms with Gasteiger partial charge in [-0.2, -0.15) is 15.0 Å². The van der Waals surface area contributed by atoms with Crippen LogP contribution in [0.5, 0.6) is 6.01 Å². The van der Waals surface area contributed by atoms with E-state index in [1.165, 1.54) is 0 Å². The number of aryl methyl sites for hydroxylation is 1. The molecule has 0 aromatic carbocycles.